The van der Waals surface area contributed by atoms with Crippen LogP contribution in [0.5, 0.6) is 5.88 Å². The Morgan fingerprint density at radius 2 is 2.20 bits per heavy atom. The van der Waals surface area contributed by atoms with Crippen LogP contribution in [0.3, 0.4) is 0 Å². The molecule has 9 heteroatoms. The van der Waals surface area contributed by atoms with Crippen LogP contribution in [0.15, 0.2) is 11.4 Å². The molecule has 0 aromatic carbocycles. The lowest BCUT2D eigenvalue weighted by atomic mass is 10.3. The standard InChI is InChI=1S/C11H16N6O2S/c1-12-8(18)6-20-11-14-13-9(17(11)3)7-5-16(2)15-10(7)19-4/h5H,6H2,1-4H3,(H,12,18). The van der Waals surface area contributed by atoms with E-state index in [2.05, 4.69) is 20.6 Å². The zero-order valence-electron chi connectivity index (χ0n) is 11.7. The van der Waals surface area contributed by atoms with Crippen molar-refractivity contribution in [1.82, 2.24) is 29.9 Å². The molecule has 20 heavy (non-hydrogen) atoms. The maximum Gasteiger partial charge on any atom is 0.243 e. The van der Waals surface area contributed by atoms with Gasteiger partial charge in [-0.2, -0.15) is 0 Å². The van der Waals surface area contributed by atoms with Crippen molar-refractivity contribution in [3.8, 4) is 17.3 Å². The summed E-state index contributed by atoms with van der Waals surface area (Å²) in [6, 6.07) is 0. The summed E-state index contributed by atoms with van der Waals surface area (Å²) in [4.78, 5) is 11.3. The third kappa shape index (κ3) is 2.77. The second-order valence-corrected chi connectivity index (χ2v) is 5.00. The largest absolute Gasteiger partial charge is 0.479 e. The highest BCUT2D eigenvalue weighted by Gasteiger charge is 2.18. The van der Waals surface area contributed by atoms with Crippen molar-refractivity contribution in [2.24, 2.45) is 14.1 Å². The summed E-state index contributed by atoms with van der Waals surface area (Å²) in [6.45, 7) is 0. The Bertz CT molecular complexity index is 620. The van der Waals surface area contributed by atoms with Gasteiger partial charge in [-0.3, -0.25) is 9.48 Å². The van der Waals surface area contributed by atoms with E-state index >= 15 is 0 Å². The number of carbonyl (C=O) groups is 1. The van der Waals surface area contributed by atoms with Gasteiger partial charge in [0.25, 0.3) is 0 Å². The zero-order chi connectivity index (χ0) is 14.7. The molecule has 0 atom stereocenters. The first-order valence-corrected chi connectivity index (χ1v) is 6.86. The molecule has 2 aromatic heterocycles. The number of aromatic nitrogens is 5. The summed E-state index contributed by atoms with van der Waals surface area (Å²) >= 11 is 1.32. The van der Waals surface area contributed by atoms with Gasteiger partial charge in [-0.1, -0.05) is 11.8 Å². The van der Waals surface area contributed by atoms with Crippen LogP contribution in [-0.4, -0.2) is 50.4 Å². The maximum atomic E-state index is 11.3. The molecule has 108 valence electrons. The van der Waals surface area contributed by atoms with E-state index in [0.29, 0.717) is 22.6 Å². The van der Waals surface area contributed by atoms with Gasteiger partial charge in [-0.05, 0) is 0 Å². The Kier molecular flexibility index (Phi) is 4.28. The summed E-state index contributed by atoms with van der Waals surface area (Å²) in [6.07, 6.45) is 1.82. The van der Waals surface area contributed by atoms with E-state index in [4.69, 9.17) is 4.74 Å². The van der Waals surface area contributed by atoms with Gasteiger partial charge in [-0.25, -0.2) is 0 Å². The van der Waals surface area contributed by atoms with Crippen molar-refractivity contribution >= 4 is 17.7 Å². The van der Waals surface area contributed by atoms with Crippen molar-refractivity contribution < 1.29 is 9.53 Å². The molecule has 1 amide bonds. The van der Waals surface area contributed by atoms with Crippen molar-refractivity contribution in [1.29, 1.82) is 0 Å². The summed E-state index contributed by atoms with van der Waals surface area (Å²) in [5.74, 6) is 1.38. The van der Waals surface area contributed by atoms with E-state index in [1.54, 1.807) is 18.8 Å². The number of amides is 1. The minimum atomic E-state index is -0.0569. The minimum Gasteiger partial charge on any atom is -0.479 e. The quantitative estimate of drug-likeness (QED) is 0.785. The third-order valence-electron chi connectivity index (χ3n) is 2.68. The summed E-state index contributed by atoms with van der Waals surface area (Å²) in [5, 5.41) is 15.6. The fourth-order valence-electron chi connectivity index (χ4n) is 1.65. The molecule has 0 radical (unpaired) electrons. The second-order valence-electron chi connectivity index (χ2n) is 4.05. The molecule has 0 aliphatic rings. The van der Waals surface area contributed by atoms with Crippen LogP contribution >= 0.6 is 11.8 Å². The molecule has 1 N–H and O–H groups in total. The molecule has 0 bridgehead atoms. The number of rotatable bonds is 5. The fourth-order valence-corrected chi connectivity index (χ4v) is 2.43. The van der Waals surface area contributed by atoms with Crippen LogP contribution in [0.25, 0.3) is 11.4 Å². The molecular formula is C11H16N6O2S. The Morgan fingerprint density at radius 3 is 2.85 bits per heavy atom. The topological polar surface area (TPSA) is 86.9 Å². The molecule has 8 nitrogen and oxygen atoms in total. The first-order chi connectivity index (χ1) is 9.56. The van der Waals surface area contributed by atoms with Crippen LogP contribution in [0.1, 0.15) is 0 Å². The van der Waals surface area contributed by atoms with E-state index in [9.17, 15) is 4.79 Å². The lowest BCUT2D eigenvalue weighted by Gasteiger charge is -2.03. The van der Waals surface area contributed by atoms with Crippen molar-refractivity contribution in [2.45, 2.75) is 5.16 Å². The van der Waals surface area contributed by atoms with E-state index in [-0.39, 0.29) is 5.91 Å². The van der Waals surface area contributed by atoms with Crippen LogP contribution in [0, 0.1) is 0 Å². The Labute approximate surface area is 120 Å². The van der Waals surface area contributed by atoms with Gasteiger partial charge in [0.15, 0.2) is 11.0 Å². The van der Waals surface area contributed by atoms with Crippen LogP contribution in [-0.2, 0) is 18.9 Å². The number of methoxy groups -OCH3 is 1. The van der Waals surface area contributed by atoms with Gasteiger partial charge >= 0.3 is 0 Å². The predicted molar refractivity (Wildman–Crippen MR) is 74.5 cm³/mol. The number of nitrogens with zero attached hydrogens (tertiary/aromatic N) is 5. The summed E-state index contributed by atoms with van der Waals surface area (Å²) in [5.41, 5.74) is 0.761. The molecule has 2 heterocycles. The lowest BCUT2D eigenvalue weighted by Crippen LogP contribution is -2.20. The molecule has 0 saturated heterocycles. The van der Waals surface area contributed by atoms with Gasteiger partial charge in [0, 0.05) is 27.3 Å². The monoisotopic (exact) mass is 296 g/mol. The third-order valence-corrected chi connectivity index (χ3v) is 3.70. The molecule has 0 aliphatic heterocycles. The summed E-state index contributed by atoms with van der Waals surface area (Å²) < 4.78 is 8.68. The zero-order valence-corrected chi connectivity index (χ0v) is 12.6. The number of nitrogens with one attached hydrogen (secondary N) is 1. The average Bonchev–Trinajstić information content (AvgIpc) is 2.98. The number of ether oxygens (including phenoxy) is 1. The Hall–Kier alpha value is -2.03. The first kappa shape index (κ1) is 14.4. The van der Waals surface area contributed by atoms with Crippen LogP contribution in [0.2, 0.25) is 0 Å². The number of hydrogen-bond acceptors (Lipinski definition) is 6. The van der Waals surface area contributed by atoms with E-state index < -0.39 is 0 Å². The second kappa shape index (κ2) is 5.95. The van der Waals surface area contributed by atoms with Gasteiger partial charge in [-0.15, -0.1) is 15.3 Å². The van der Waals surface area contributed by atoms with Gasteiger partial charge in [0.2, 0.25) is 11.8 Å². The van der Waals surface area contributed by atoms with E-state index in [1.165, 1.54) is 11.8 Å². The Morgan fingerprint density at radius 1 is 1.45 bits per heavy atom. The maximum absolute atomic E-state index is 11.3. The predicted octanol–water partition coefficient (Wildman–Crippen LogP) is 0.0623. The highest BCUT2D eigenvalue weighted by Crippen LogP contribution is 2.28. The highest BCUT2D eigenvalue weighted by atomic mass is 32.2. The molecular weight excluding hydrogens is 280 g/mol. The number of aryl methyl sites for hydroxylation is 1. The highest BCUT2D eigenvalue weighted by molar-refractivity contribution is 7.99. The van der Waals surface area contributed by atoms with Crippen molar-refractivity contribution in [3.63, 3.8) is 0 Å². The van der Waals surface area contributed by atoms with Gasteiger partial charge in [0.1, 0.15) is 5.56 Å². The fraction of sp³-hybridized carbons (Fsp3) is 0.455. The first-order valence-electron chi connectivity index (χ1n) is 5.87. The average molecular weight is 296 g/mol. The van der Waals surface area contributed by atoms with Gasteiger partial charge < -0.3 is 14.6 Å². The molecule has 0 unspecified atom stereocenters. The van der Waals surface area contributed by atoms with E-state index in [1.807, 2.05) is 24.9 Å². The normalized spacial score (nSPS) is 10.6. The van der Waals surface area contributed by atoms with Crippen LogP contribution < -0.4 is 10.1 Å². The molecule has 0 saturated carbocycles. The van der Waals surface area contributed by atoms with Gasteiger partial charge in [0.05, 0.1) is 12.9 Å². The molecule has 0 fully saturated rings. The number of hydrogen-bond donors (Lipinski definition) is 1. The molecule has 2 rings (SSSR count). The van der Waals surface area contributed by atoms with Crippen molar-refractivity contribution in [3.05, 3.63) is 6.20 Å². The van der Waals surface area contributed by atoms with Crippen molar-refractivity contribution in [2.75, 3.05) is 19.9 Å². The SMILES string of the molecule is CNC(=O)CSc1nnc(-c2cn(C)nc2OC)n1C. The minimum absolute atomic E-state index is 0.0569. The molecule has 2 aromatic rings. The number of thioether (sulfide) groups is 1. The molecule has 0 aliphatic carbocycles. The van der Waals surface area contributed by atoms with Crippen LogP contribution in [0.4, 0.5) is 0 Å². The molecule has 0 spiro atoms. The smallest absolute Gasteiger partial charge is 0.243 e. The Balaban J connectivity index is 2.26. The lowest BCUT2D eigenvalue weighted by molar-refractivity contribution is -0.118. The van der Waals surface area contributed by atoms with E-state index in [0.717, 1.165) is 5.56 Å². The number of carbonyl (C=O) groups excluding carboxylic acids is 1. The summed E-state index contributed by atoms with van der Waals surface area (Å²) in [7, 11) is 6.81.